The standard InChI is InChI=1S/C17H19ClN2O/c1-2-21-16-8-13(9-19-11-16)12-3-6-17(18)14(7-12)10-20-15-4-5-15/h3,6-9,11,15,20H,2,4-5,10H2,1H3. The van der Waals surface area contributed by atoms with Gasteiger partial charge in [0.05, 0.1) is 12.8 Å². The molecule has 0 aliphatic heterocycles. The number of nitrogens with zero attached hydrogens (tertiary/aromatic N) is 1. The molecule has 1 heterocycles. The van der Waals surface area contributed by atoms with Crippen LogP contribution in [0.1, 0.15) is 25.3 Å². The number of hydrogen-bond acceptors (Lipinski definition) is 3. The third kappa shape index (κ3) is 3.74. The van der Waals surface area contributed by atoms with Gasteiger partial charge in [-0.2, -0.15) is 0 Å². The lowest BCUT2D eigenvalue weighted by molar-refractivity contribution is 0.339. The van der Waals surface area contributed by atoms with E-state index in [4.69, 9.17) is 16.3 Å². The molecule has 0 saturated heterocycles. The van der Waals surface area contributed by atoms with Gasteiger partial charge in [0.25, 0.3) is 0 Å². The van der Waals surface area contributed by atoms with E-state index in [0.717, 1.165) is 34.0 Å². The Morgan fingerprint density at radius 1 is 1.24 bits per heavy atom. The Kier molecular flexibility index (Phi) is 4.42. The van der Waals surface area contributed by atoms with Crippen molar-refractivity contribution < 1.29 is 4.74 Å². The highest BCUT2D eigenvalue weighted by Crippen LogP contribution is 2.28. The number of halogens is 1. The van der Waals surface area contributed by atoms with Crippen LogP contribution < -0.4 is 10.1 Å². The summed E-state index contributed by atoms with van der Waals surface area (Å²) in [5, 5.41) is 4.31. The Labute approximate surface area is 130 Å². The number of aromatic nitrogens is 1. The summed E-state index contributed by atoms with van der Waals surface area (Å²) in [5.74, 6) is 0.794. The van der Waals surface area contributed by atoms with Gasteiger partial charge in [-0.05, 0) is 49.1 Å². The minimum absolute atomic E-state index is 0.641. The molecule has 1 N–H and O–H groups in total. The van der Waals surface area contributed by atoms with Crippen molar-refractivity contribution in [2.24, 2.45) is 0 Å². The molecular weight excluding hydrogens is 284 g/mol. The number of rotatable bonds is 6. The van der Waals surface area contributed by atoms with Crippen molar-refractivity contribution in [3.8, 4) is 16.9 Å². The predicted octanol–water partition coefficient (Wildman–Crippen LogP) is 4.05. The summed E-state index contributed by atoms with van der Waals surface area (Å²) in [6, 6.07) is 8.79. The van der Waals surface area contributed by atoms with Gasteiger partial charge in [-0.3, -0.25) is 4.98 Å². The first-order valence-electron chi connectivity index (χ1n) is 7.36. The van der Waals surface area contributed by atoms with Crippen molar-refractivity contribution in [3.05, 3.63) is 47.2 Å². The van der Waals surface area contributed by atoms with Gasteiger partial charge in [-0.25, -0.2) is 0 Å². The first-order valence-corrected chi connectivity index (χ1v) is 7.74. The molecule has 1 saturated carbocycles. The lowest BCUT2D eigenvalue weighted by atomic mass is 10.0. The van der Waals surface area contributed by atoms with Gasteiger partial charge in [0, 0.05) is 29.4 Å². The zero-order valence-corrected chi connectivity index (χ0v) is 12.9. The highest BCUT2D eigenvalue weighted by Gasteiger charge is 2.20. The molecule has 0 unspecified atom stereocenters. The van der Waals surface area contributed by atoms with Gasteiger partial charge in [0.15, 0.2) is 0 Å². The quantitative estimate of drug-likeness (QED) is 0.874. The van der Waals surface area contributed by atoms with Crippen LogP contribution in [0.2, 0.25) is 5.02 Å². The molecule has 4 heteroatoms. The highest BCUT2D eigenvalue weighted by molar-refractivity contribution is 6.31. The summed E-state index contributed by atoms with van der Waals surface area (Å²) in [4.78, 5) is 4.24. The van der Waals surface area contributed by atoms with E-state index in [1.807, 2.05) is 31.3 Å². The van der Waals surface area contributed by atoms with Gasteiger partial charge < -0.3 is 10.1 Å². The Bertz CT molecular complexity index is 626. The molecule has 1 aromatic heterocycles. The van der Waals surface area contributed by atoms with Crippen molar-refractivity contribution in [1.29, 1.82) is 0 Å². The van der Waals surface area contributed by atoms with Crippen LogP contribution in [0.25, 0.3) is 11.1 Å². The summed E-state index contributed by atoms with van der Waals surface area (Å²) >= 11 is 6.29. The molecule has 0 atom stereocenters. The van der Waals surface area contributed by atoms with Crippen LogP contribution in [0.4, 0.5) is 0 Å². The molecule has 1 fully saturated rings. The van der Waals surface area contributed by atoms with E-state index in [0.29, 0.717) is 12.6 Å². The molecule has 0 spiro atoms. The van der Waals surface area contributed by atoms with Crippen LogP contribution in [-0.2, 0) is 6.54 Å². The maximum absolute atomic E-state index is 6.29. The topological polar surface area (TPSA) is 34.1 Å². The maximum atomic E-state index is 6.29. The summed E-state index contributed by atoms with van der Waals surface area (Å²) in [7, 11) is 0. The number of pyridine rings is 1. The van der Waals surface area contributed by atoms with Crippen molar-refractivity contribution >= 4 is 11.6 Å². The van der Waals surface area contributed by atoms with Crippen LogP contribution in [-0.4, -0.2) is 17.6 Å². The second kappa shape index (κ2) is 6.46. The normalized spacial score (nSPS) is 14.2. The molecule has 3 nitrogen and oxygen atoms in total. The minimum Gasteiger partial charge on any atom is -0.492 e. The zero-order chi connectivity index (χ0) is 14.7. The molecule has 0 amide bonds. The van der Waals surface area contributed by atoms with E-state index in [1.165, 1.54) is 12.8 Å². The van der Waals surface area contributed by atoms with E-state index < -0.39 is 0 Å². The third-order valence-electron chi connectivity index (χ3n) is 3.56. The molecule has 1 aliphatic rings. The van der Waals surface area contributed by atoms with E-state index in [1.54, 1.807) is 6.20 Å². The van der Waals surface area contributed by atoms with Gasteiger partial charge in [0.1, 0.15) is 5.75 Å². The lowest BCUT2D eigenvalue weighted by Gasteiger charge is -2.10. The Morgan fingerprint density at radius 3 is 2.86 bits per heavy atom. The van der Waals surface area contributed by atoms with Crippen molar-refractivity contribution in [1.82, 2.24) is 10.3 Å². The van der Waals surface area contributed by atoms with Gasteiger partial charge in [-0.15, -0.1) is 0 Å². The average molecular weight is 303 g/mol. The van der Waals surface area contributed by atoms with Gasteiger partial charge in [0.2, 0.25) is 0 Å². The first kappa shape index (κ1) is 14.4. The fraction of sp³-hybridized carbons (Fsp3) is 0.353. The van der Waals surface area contributed by atoms with E-state index in [9.17, 15) is 0 Å². The van der Waals surface area contributed by atoms with Crippen LogP contribution in [0.3, 0.4) is 0 Å². The SMILES string of the molecule is CCOc1cncc(-c2ccc(Cl)c(CNC3CC3)c2)c1. The summed E-state index contributed by atoms with van der Waals surface area (Å²) in [6.07, 6.45) is 6.14. The summed E-state index contributed by atoms with van der Waals surface area (Å²) in [5.41, 5.74) is 3.29. The third-order valence-corrected chi connectivity index (χ3v) is 3.93. The van der Waals surface area contributed by atoms with Crippen LogP contribution in [0.5, 0.6) is 5.75 Å². The second-order valence-electron chi connectivity index (χ2n) is 5.30. The average Bonchev–Trinajstić information content (AvgIpc) is 3.31. The largest absolute Gasteiger partial charge is 0.492 e. The lowest BCUT2D eigenvalue weighted by Crippen LogP contribution is -2.15. The molecule has 0 bridgehead atoms. The van der Waals surface area contributed by atoms with E-state index in [-0.39, 0.29) is 0 Å². The fourth-order valence-corrected chi connectivity index (χ4v) is 2.44. The van der Waals surface area contributed by atoms with Crippen molar-refractivity contribution in [3.63, 3.8) is 0 Å². The van der Waals surface area contributed by atoms with Crippen LogP contribution in [0, 0.1) is 0 Å². The number of hydrogen-bond donors (Lipinski definition) is 1. The monoisotopic (exact) mass is 302 g/mol. The number of benzene rings is 1. The molecule has 2 aromatic rings. The minimum atomic E-state index is 0.641. The summed E-state index contributed by atoms with van der Waals surface area (Å²) < 4.78 is 5.51. The second-order valence-corrected chi connectivity index (χ2v) is 5.71. The zero-order valence-electron chi connectivity index (χ0n) is 12.1. The molecule has 21 heavy (non-hydrogen) atoms. The van der Waals surface area contributed by atoms with Crippen molar-refractivity contribution in [2.45, 2.75) is 32.4 Å². The Balaban J connectivity index is 1.83. The molecule has 3 rings (SSSR count). The maximum Gasteiger partial charge on any atom is 0.138 e. The van der Waals surface area contributed by atoms with Gasteiger partial charge in [-0.1, -0.05) is 17.7 Å². The highest BCUT2D eigenvalue weighted by atomic mass is 35.5. The smallest absolute Gasteiger partial charge is 0.138 e. The van der Waals surface area contributed by atoms with E-state index >= 15 is 0 Å². The van der Waals surface area contributed by atoms with Crippen LogP contribution in [0.15, 0.2) is 36.7 Å². The number of nitrogens with one attached hydrogen (secondary N) is 1. The molecular formula is C17H19ClN2O. The van der Waals surface area contributed by atoms with Gasteiger partial charge >= 0.3 is 0 Å². The molecule has 0 radical (unpaired) electrons. The Morgan fingerprint density at radius 2 is 2.10 bits per heavy atom. The molecule has 110 valence electrons. The predicted molar refractivity (Wildman–Crippen MR) is 85.7 cm³/mol. The molecule has 1 aliphatic carbocycles. The number of ether oxygens (including phenoxy) is 1. The summed E-state index contributed by atoms with van der Waals surface area (Å²) in [6.45, 7) is 3.43. The van der Waals surface area contributed by atoms with E-state index in [2.05, 4.69) is 16.4 Å². The Hall–Kier alpha value is -1.58. The molecule has 1 aromatic carbocycles. The fourth-order valence-electron chi connectivity index (χ4n) is 2.25. The first-order chi connectivity index (χ1) is 10.3. The van der Waals surface area contributed by atoms with Crippen molar-refractivity contribution in [2.75, 3.05) is 6.61 Å². The van der Waals surface area contributed by atoms with Crippen LogP contribution >= 0.6 is 11.6 Å².